The van der Waals surface area contributed by atoms with Crippen molar-refractivity contribution in [3.8, 4) is 0 Å². The normalized spacial score (nSPS) is 18.0. The maximum Gasteiger partial charge on any atom is 0.221 e. The molecular formula is C15H23ClN2O4S. The summed E-state index contributed by atoms with van der Waals surface area (Å²) >= 11 is 0. The van der Waals surface area contributed by atoms with E-state index in [2.05, 4.69) is 10.6 Å². The van der Waals surface area contributed by atoms with Gasteiger partial charge in [-0.1, -0.05) is 30.3 Å². The zero-order chi connectivity index (χ0) is 15.8. The highest BCUT2D eigenvalue weighted by Gasteiger charge is 2.17. The Labute approximate surface area is 143 Å². The van der Waals surface area contributed by atoms with Gasteiger partial charge in [0.15, 0.2) is 9.84 Å². The third-order valence-electron chi connectivity index (χ3n) is 3.39. The molecule has 1 amide bonds. The Bertz CT molecular complexity index is 574. The number of halogens is 1. The number of amides is 1. The van der Waals surface area contributed by atoms with E-state index in [9.17, 15) is 13.2 Å². The molecule has 0 aromatic heterocycles. The molecule has 1 unspecified atom stereocenters. The van der Waals surface area contributed by atoms with Crippen LogP contribution in [-0.2, 0) is 25.1 Å². The van der Waals surface area contributed by atoms with Gasteiger partial charge in [0.1, 0.15) is 0 Å². The molecule has 1 heterocycles. The fourth-order valence-corrected chi connectivity index (χ4v) is 3.55. The van der Waals surface area contributed by atoms with Crippen LogP contribution in [0.1, 0.15) is 12.0 Å². The fraction of sp³-hybridized carbons (Fsp3) is 0.533. The number of carbonyl (C=O) groups excluding carboxylic acids is 1. The lowest BCUT2D eigenvalue weighted by atomic mass is 10.2. The van der Waals surface area contributed by atoms with Gasteiger partial charge in [-0.15, -0.1) is 12.4 Å². The van der Waals surface area contributed by atoms with Gasteiger partial charge in [0.05, 0.1) is 24.7 Å². The molecule has 6 nitrogen and oxygen atoms in total. The van der Waals surface area contributed by atoms with Crippen LogP contribution in [0.2, 0.25) is 0 Å². The molecular weight excluding hydrogens is 340 g/mol. The molecule has 0 radical (unpaired) electrons. The van der Waals surface area contributed by atoms with Gasteiger partial charge in [-0.2, -0.15) is 0 Å². The first-order valence-electron chi connectivity index (χ1n) is 7.37. The van der Waals surface area contributed by atoms with E-state index in [-0.39, 0.29) is 42.4 Å². The Kier molecular flexibility index (Phi) is 8.54. The van der Waals surface area contributed by atoms with Crippen molar-refractivity contribution in [1.82, 2.24) is 10.6 Å². The van der Waals surface area contributed by atoms with Gasteiger partial charge in [-0.05, 0) is 5.56 Å². The van der Waals surface area contributed by atoms with Gasteiger partial charge in [-0.3, -0.25) is 4.79 Å². The lowest BCUT2D eigenvalue weighted by Crippen LogP contribution is -2.44. The van der Waals surface area contributed by atoms with Crippen molar-refractivity contribution in [3.05, 3.63) is 35.9 Å². The minimum atomic E-state index is -3.22. The van der Waals surface area contributed by atoms with E-state index < -0.39 is 9.84 Å². The summed E-state index contributed by atoms with van der Waals surface area (Å²) in [6.07, 6.45) is 0.304. The van der Waals surface area contributed by atoms with E-state index in [1.807, 2.05) is 18.2 Å². The molecule has 1 aromatic rings. The van der Waals surface area contributed by atoms with Gasteiger partial charge in [0.2, 0.25) is 5.91 Å². The smallest absolute Gasteiger partial charge is 0.221 e. The number of sulfone groups is 1. The second-order valence-corrected chi connectivity index (χ2v) is 7.54. The lowest BCUT2D eigenvalue weighted by Gasteiger charge is -2.23. The Balaban J connectivity index is 0.00000264. The van der Waals surface area contributed by atoms with E-state index in [4.69, 9.17) is 4.74 Å². The molecule has 1 saturated heterocycles. The summed E-state index contributed by atoms with van der Waals surface area (Å²) < 4.78 is 29.2. The zero-order valence-corrected chi connectivity index (χ0v) is 14.5. The molecule has 0 saturated carbocycles. The molecule has 1 atom stereocenters. The SMILES string of the molecule is Cl.O=C(CC1COCCN1)NCCS(=O)(=O)Cc1ccccc1. The number of hydrogen-bond acceptors (Lipinski definition) is 5. The molecule has 130 valence electrons. The Morgan fingerprint density at radius 2 is 2.04 bits per heavy atom. The predicted molar refractivity (Wildman–Crippen MR) is 91.4 cm³/mol. The van der Waals surface area contributed by atoms with Crippen molar-refractivity contribution in [1.29, 1.82) is 0 Å². The van der Waals surface area contributed by atoms with Crippen molar-refractivity contribution in [2.45, 2.75) is 18.2 Å². The first kappa shape index (κ1) is 19.9. The van der Waals surface area contributed by atoms with Gasteiger partial charge in [-0.25, -0.2) is 8.42 Å². The zero-order valence-electron chi connectivity index (χ0n) is 12.9. The van der Waals surface area contributed by atoms with Crippen molar-refractivity contribution in [2.75, 3.05) is 32.1 Å². The molecule has 1 aliphatic heterocycles. The Morgan fingerprint density at radius 1 is 1.30 bits per heavy atom. The van der Waals surface area contributed by atoms with Crippen LogP contribution < -0.4 is 10.6 Å². The average molecular weight is 363 g/mol. The number of rotatable bonds is 7. The maximum absolute atomic E-state index is 12.0. The monoisotopic (exact) mass is 362 g/mol. The molecule has 1 aliphatic rings. The number of morpholine rings is 1. The minimum absolute atomic E-state index is 0. The number of nitrogens with one attached hydrogen (secondary N) is 2. The fourth-order valence-electron chi connectivity index (χ4n) is 2.29. The maximum atomic E-state index is 12.0. The number of carbonyl (C=O) groups is 1. The number of hydrogen-bond donors (Lipinski definition) is 2. The Morgan fingerprint density at radius 3 is 2.70 bits per heavy atom. The van der Waals surface area contributed by atoms with Crippen molar-refractivity contribution in [2.24, 2.45) is 0 Å². The van der Waals surface area contributed by atoms with Crippen LogP contribution in [0, 0.1) is 0 Å². The minimum Gasteiger partial charge on any atom is -0.378 e. The molecule has 0 aliphatic carbocycles. The molecule has 8 heteroatoms. The van der Waals surface area contributed by atoms with Crippen LogP contribution in [0.3, 0.4) is 0 Å². The second-order valence-electron chi connectivity index (χ2n) is 5.36. The highest BCUT2D eigenvalue weighted by atomic mass is 35.5. The summed E-state index contributed by atoms with van der Waals surface area (Å²) in [6.45, 7) is 2.06. The molecule has 1 aromatic carbocycles. The van der Waals surface area contributed by atoms with Crippen LogP contribution in [0.5, 0.6) is 0 Å². The van der Waals surface area contributed by atoms with Gasteiger partial charge in [0.25, 0.3) is 0 Å². The van der Waals surface area contributed by atoms with E-state index in [0.29, 0.717) is 19.6 Å². The topological polar surface area (TPSA) is 84.5 Å². The van der Waals surface area contributed by atoms with E-state index in [0.717, 1.165) is 12.1 Å². The molecule has 0 bridgehead atoms. The predicted octanol–water partition coefficient (Wildman–Crippen LogP) is 0.518. The summed E-state index contributed by atoms with van der Waals surface area (Å²) in [6, 6.07) is 9.04. The van der Waals surface area contributed by atoms with Crippen LogP contribution >= 0.6 is 12.4 Å². The molecule has 2 N–H and O–H groups in total. The van der Waals surface area contributed by atoms with Crippen LogP contribution in [0.15, 0.2) is 30.3 Å². The standard InChI is InChI=1S/C15H22N2O4S.ClH/c18-15(10-14-11-21-8-6-16-14)17-7-9-22(19,20)12-13-4-2-1-3-5-13;/h1-5,14,16H,6-12H2,(H,17,18);1H. The quantitative estimate of drug-likeness (QED) is 0.738. The summed E-state index contributed by atoms with van der Waals surface area (Å²) in [5.41, 5.74) is 0.761. The van der Waals surface area contributed by atoms with Crippen molar-refractivity contribution in [3.63, 3.8) is 0 Å². The van der Waals surface area contributed by atoms with Crippen LogP contribution in [0.4, 0.5) is 0 Å². The van der Waals surface area contributed by atoms with Crippen molar-refractivity contribution >= 4 is 28.2 Å². The summed E-state index contributed by atoms with van der Waals surface area (Å²) in [5, 5.41) is 5.84. The van der Waals surface area contributed by atoms with E-state index in [1.165, 1.54) is 0 Å². The largest absolute Gasteiger partial charge is 0.378 e. The number of ether oxygens (including phenoxy) is 1. The van der Waals surface area contributed by atoms with E-state index in [1.54, 1.807) is 12.1 Å². The van der Waals surface area contributed by atoms with Crippen LogP contribution in [0.25, 0.3) is 0 Å². The van der Waals surface area contributed by atoms with Crippen molar-refractivity contribution < 1.29 is 17.9 Å². The Hall–Kier alpha value is -1.15. The summed E-state index contributed by atoms with van der Waals surface area (Å²) in [4.78, 5) is 11.8. The third-order valence-corrected chi connectivity index (χ3v) is 4.99. The highest BCUT2D eigenvalue weighted by molar-refractivity contribution is 7.90. The average Bonchev–Trinajstić information content (AvgIpc) is 2.48. The van der Waals surface area contributed by atoms with E-state index >= 15 is 0 Å². The second kappa shape index (κ2) is 9.87. The lowest BCUT2D eigenvalue weighted by molar-refractivity contribution is -0.122. The molecule has 1 fully saturated rings. The van der Waals surface area contributed by atoms with Gasteiger partial charge in [0, 0.05) is 25.6 Å². The first-order valence-corrected chi connectivity index (χ1v) is 9.19. The molecule has 2 rings (SSSR count). The van der Waals surface area contributed by atoms with Gasteiger partial charge < -0.3 is 15.4 Å². The molecule has 23 heavy (non-hydrogen) atoms. The highest BCUT2D eigenvalue weighted by Crippen LogP contribution is 2.05. The summed E-state index contributed by atoms with van der Waals surface area (Å²) in [5.74, 6) is -0.206. The molecule has 0 spiro atoms. The first-order chi connectivity index (χ1) is 10.6. The van der Waals surface area contributed by atoms with Gasteiger partial charge >= 0.3 is 0 Å². The summed E-state index contributed by atoms with van der Waals surface area (Å²) in [7, 11) is -3.22. The van der Waals surface area contributed by atoms with Crippen LogP contribution in [-0.4, -0.2) is 52.4 Å². The third kappa shape index (κ3) is 7.78. The number of benzene rings is 1.